The molecule has 1 aromatic carbocycles. The van der Waals surface area contributed by atoms with Crippen molar-refractivity contribution in [1.29, 1.82) is 0 Å². The lowest BCUT2D eigenvalue weighted by molar-refractivity contribution is -0.111. The summed E-state index contributed by atoms with van der Waals surface area (Å²) in [4.78, 5) is 22.2. The Morgan fingerprint density at radius 3 is 2.63 bits per heavy atom. The number of benzene rings is 1. The van der Waals surface area contributed by atoms with Gasteiger partial charge >= 0.3 is 6.09 Å². The molecule has 0 fully saturated rings. The van der Waals surface area contributed by atoms with Crippen molar-refractivity contribution in [1.82, 2.24) is 0 Å². The lowest BCUT2D eigenvalue weighted by Crippen LogP contribution is -2.33. The maximum absolute atomic E-state index is 11.3. The molecule has 0 atom stereocenters. The van der Waals surface area contributed by atoms with Crippen LogP contribution in [-0.2, 0) is 16.0 Å². The van der Waals surface area contributed by atoms with Crippen molar-refractivity contribution in [2.45, 2.75) is 25.9 Å². The van der Waals surface area contributed by atoms with E-state index in [9.17, 15) is 9.59 Å². The Morgan fingerprint density at radius 1 is 1.42 bits per heavy atom. The molecule has 1 aromatic rings. The quantitative estimate of drug-likeness (QED) is 0.798. The average molecular weight is 262 g/mol. The van der Waals surface area contributed by atoms with Gasteiger partial charge in [-0.3, -0.25) is 4.79 Å². The number of hydrogen-bond acceptors (Lipinski definition) is 3. The molecular weight excluding hydrogens is 244 g/mol. The predicted octanol–water partition coefficient (Wildman–Crippen LogP) is 2.23. The Morgan fingerprint density at radius 2 is 2.05 bits per heavy atom. The minimum absolute atomic E-state index is 0.291. The zero-order chi connectivity index (χ0) is 14.5. The van der Waals surface area contributed by atoms with Gasteiger partial charge < -0.3 is 15.8 Å². The van der Waals surface area contributed by atoms with Gasteiger partial charge in [0.15, 0.2) is 0 Å². The first-order valence-corrected chi connectivity index (χ1v) is 5.84. The average Bonchev–Trinajstić information content (AvgIpc) is 2.29. The number of ether oxygens (including phenoxy) is 1. The molecule has 0 spiro atoms. The summed E-state index contributed by atoms with van der Waals surface area (Å²) in [7, 11) is 0. The summed E-state index contributed by atoms with van der Waals surface area (Å²) in [5, 5.41) is 2.71. The highest BCUT2D eigenvalue weighted by atomic mass is 16.6. The van der Waals surface area contributed by atoms with E-state index in [2.05, 4.69) is 11.9 Å². The van der Waals surface area contributed by atoms with Crippen LogP contribution in [0.1, 0.15) is 19.4 Å². The maximum atomic E-state index is 11.3. The number of carbonyl (C=O) groups is 2. The molecule has 0 aliphatic rings. The standard InChI is InChI=1S/C14H18N2O3/c1-4-12(17)16-11-8-6-5-7-10(11)9-14(2,3)19-13(15)18/h4-8H,1,9H2,2-3H3,(H2,15,18)(H,16,17). The van der Waals surface area contributed by atoms with Gasteiger partial charge in [-0.15, -0.1) is 0 Å². The van der Waals surface area contributed by atoms with Gasteiger partial charge in [0.1, 0.15) is 5.60 Å². The SMILES string of the molecule is C=CC(=O)Nc1ccccc1CC(C)(C)OC(N)=O. The number of carbonyl (C=O) groups excluding carboxylic acids is 2. The highest BCUT2D eigenvalue weighted by Crippen LogP contribution is 2.23. The van der Waals surface area contributed by atoms with E-state index in [1.165, 1.54) is 6.08 Å². The first kappa shape index (κ1) is 14.8. The third-order valence-electron chi connectivity index (χ3n) is 2.45. The number of nitrogens with one attached hydrogen (secondary N) is 1. The molecule has 0 unspecified atom stereocenters. The van der Waals surface area contributed by atoms with Crippen molar-refractivity contribution in [3.63, 3.8) is 0 Å². The maximum Gasteiger partial charge on any atom is 0.405 e. The van der Waals surface area contributed by atoms with Crippen molar-refractivity contribution in [2.24, 2.45) is 5.73 Å². The number of nitrogens with two attached hydrogens (primary N) is 1. The minimum atomic E-state index is -0.822. The van der Waals surface area contributed by atoms with E-state index in [1.807, 2.05) is 18.2 Å². The number of rotatable bonds is 5. The molecule has 0 radical (unpaired) electrons. The highest BCUT2D eigenvalue weighted by Gasteiger charge is 2.23. The third-order valence-corrected chi connectivity index (χ3v) is 2.45. The highest BCUT2D eigenvalue weighted by molar-refractivity contribution is 5.99. The molecule has 1 rings (SSSR count). The molecule has 0 saturated heterocycles. The summed E-state index contributed by atoms with van der Waals surface area (Å²) in [6, 6.07) is 7.28. The number of anilines is 1. The fourth-order valence-electron chi connectivity index (χ4n) is 1.75. The van der Waals surface area contributed by atoms with Crippen LogP contribution < -0.4 is 11.1 Å². The van der Waals surface area contributed by atoms with Crippen molar-refractivity contribution in [3.05, 3.63) is 42.5 Å². The van der Waals surface area contributed by atoms with Gasteiger partial charge in [0.05, 0.1) is 0 Å². The second-order valence-electron chi connectivity index (χ2n) is 4.71. The van der Waals surface area contributed by atoms with E-state index in [0.717, 1.165) is 5.56 Å². The molecular formula is C14H18N2O3. The Hall–Kier alpha value is -2.30. The van der Waals surface area contributed by atoms with Gasteiger partial charge in [-0.2, -0.15) is 0 Å². The van der Waals surface area contributed by atoms with E-state index in [-0.39, 0.29) is 5.91 Å². The van der Waals surface area contributed by atoms with E-state index < -0.39 is 11.7 Å². The molecule has 0 aliphatic carbocycles. The molecule has 102 valence electrons. The lowest BCUT2D eigenvalue weighted by Gasteiger charge is -2.25. The van der Waals surface area contributed by atoms with E-state index in [4.69, 9.17) is 10.5 Å². The zero-order valence-electron chi connectivity index (χ0n) is 11.1. The fourth-order valence-corrected chi connectivity index (χ4v) is 1.75. The molecule has 3 N–H and O–H groups in total. The van der Waals surface area contributed by atoms with Gasteiger partial charge in [-0.25, -0.2) is 4.79 Å². The Bertz CT molecular complexity index is 495. The fraction of sp³-hybridized carbons (Fsp3) is 0.286. The van der Waals surface area contributed by atoms with Crippen LogP contribution >= 0.6 is 0 Å². The smallest absolute Gasteiger partial charge is 0.405 e. The summed E-state index contributed by atoms with van der Waals surface area (Å²) in [5.74, 6) is -0.291. The first-order chi connectivity index (χ1) is 8.84. The Balaban J connectivity index is 2.91. The van der Waals surface area contributed by atoms with Crippen molar-refractivity contribution < 1.29 is 14.3 Å². The Kier molecular flexibility index (Phi) is 4.69. The van der Waals surface area contributed by atoms with Gasteiger partial charge in [-0.05, 0) is 31.6 Å². The molecule has 5 heteroatoms. The van der Waals surface area contributed by atoms with Crippen LogP contribution in [0.25, 0.3) is 0 Å². The molecule has 5 nitrogen and oxygen atoms in total. The van der Waals surface area contributed by atoms with Gasteiger partial charge in [-0.1, -0.05) is 24.8 Å². The van der Waals surface area contributed by atoms with Crippen molar-refractivity contribution >= 4 is 17.7 Å². The summed E-state index contributed by atoms with van der Waals surface area (Å²) >= 11 is 0. The number of hydrogen-bond donors (Lipinski definition) is 2. The van der Waals surface area contributed by atoms with Gasteiger partial charge in [0, 0.05) is 12.1 Å². The largest absolute Gasteiger partial charge is 0.443 e. The molecule has 0 aromatic heterocycles. The van der Waals surface area contributed by atoms with Crippen LogP contribution in [0.15, 0.2) is 36.9 Å². The Labute approximate surface area is 112 Å². The van der Waals surface area contributed by atoms with Crippen molar-refractivity contribution in [2.75, 3.05) is 5.32 Å². The van der Waals surface area contributed by atoms with Gasteiger partial charge in [0.2, 0.25) is 5.91 Å². The summed E-state index contributed by atoms with van der Waals surface area (Å²) < 4.78 is 5.03. The number of primary amides is 1. The summed E-state index contributed by atoms with van der Waals surface area (Å²) in [5.41, 5.74) is 5.79. The van der Waals surface area contributed by atoms with Crippen LogP contribution in [0.4, 0.5) is 10.5 Å². The summed E-state index contributed by atoms with van der Waals surface area (Å²) in [6.07, 6.45) is 0.809. The third kappa shape index (κ3) is 4.83. The van der Waals surface area contributed by atoms with Crippen LogP contribution in [0.2, 0.25) is 0 Å². The van der Waals surface area contributed by atoms with Crippen LogP contribution in [0, 0.1) is 0 Å². The molecule has 2 amide bonds. The monoisotopic (exact) mass is 262 g/mol. The van der Waals surface area contributed by atoms with Crippen LogP contribution in [0.5, 0.6) is 0 Å². The second kappa shape index (κ2) is 6.04. The van der Waals surface area contributed by atoms with E-state index >= 15 is 0 Å². The van der Waals surface area contributed by atoms with E-state index in [1.54, 1.807) is 19.9 Å². The molecule has 19 heavy (non-hydrogen) atoms. The molecule has 0 heterocycles. The lowest BCUT2D eigenvalue weighted by atomic mass is 9.97. The first-order valence-electron chi connectivity index (χ1n) is 5.84. The van der Waals surface area contributed by atoms with Crippen LogP contribution in [0.3, 0.4) is 0 Å². The molecule has 0 bridgehead atoms. The number of para-hydroxylation sites is 1. The zero-order valence-corrected chi connectivity index (χ0v) is 11.1. The van der Waals surface area contributed by atoms with Gasteiger partial charge in [0.25, 0.3) is 0 Å². The predicted molar refractivity (Wildman–Crippen MR) is 73.7 cm³/mol. The number of amides is 2. The second-order valence-corrected chi connectivity index (χ2v) is 4.71. The molecule has 0 saturated carbocycles. The van der Waals surface area contributed by atoms with Crippen LogP contribution in [-0.4, -0.2) is 17.6 Å². The van der Waals surface area contributed by atoms with Crippen molar-refractivity contribution in [3.8, 4) is 0 Å². The van der Waals surface area contributed by atoms with E-state index in [0.29, 0.717) is 12.1 Å². The molecule has 0 aliphatic heterocycles. The normalized spacial score (nSPS) is 10.6. The topological polar surface area (TPSA) is 81.4 Å². The minimum Gasteiger partial charge on any atom is -0.443 e. The summed E-state index contributed by atoms with van der Waals surface area (Å²) in [6.45, 7) is 6.91.